The Morgan fingerprint density at radius 2 is 1.95 bits per heavy atom. The maximum atomic E-state index is 11.9. The van der Waals surface area contributed by atoms with Crippen LogP contribution in [-0.4, -0.2) is 23.0 Å². The van der Waals surface area contributed by atoms with Crippen molar-refractivity contribution >= 4 is 29.2 Å². The van der Waals surface area contributed by atoms with Gasteiger partial charge in [0.15, 0.2) is 6.10 Å². The number of hydrogen-bond donors (Lipinski definition) is 1. The molecule has 1 atom stereocenters. The largest absolute Gasteiger partial charge is 0.449 e. The van der Waals surface area contributed by atoms with Crippen molar-refractivity contribution in [1.82, 2.24) is 4.98 Å². The fourth-order valence-corrected chi connectivity index (χ4v) is 1.77. The van der Waals surface area contributed by atoms with Gasteiger partial charge in [-0.1, -0.05) is 17.7 Å². The number of aromatic nitrogens is 1. The summed E-state index contributed by atoms with van der Waals surface area (Å²) in [6.07, 6.45) is 2.03. The number of carbonyl (C=O) groups is 2. The molecule has 1 aromatic carbocycles. The SMILES string of the molecule is C[C@@H](OC(=O)c1ccncc1)C(=O)Nc1cccc(Cl)c1. The minimum Gasteiger partial charge on any atom is -0.449 e. The summed E-state index contributed by atoms with van der Waals surface area (Å²) in [4.78, 5) is 27.6. The van der Waals surface area contributed by atoms with Crippen LogP contribution in [0.5, 0.6) is 0 Å². The lowest BCUT2D eigenvalue weighted by Gasteiger charge is -2.13. The van der Waals surface area contributed by atoms with Crippen LogP contribution < -0.4 is 5.32 Å². The van der Waals surface area contributed by atoms with Gasteiger partial charge in [-0.2, -0.15) is 0 Å². The van der Waals surface area contributed by atoms with Crippen molar-refractivity contribution < 1.29 is 14.3 Å². The second-order valence-corrected chi connectivity index (χ2v) is 4.72. The van der Waals surface area contributed by atoms with E-state index in [0.29, 0.717) is 16.3 Å². The van der Waals surface area contributed by atoms with Crippen LogP contribution in [0.2, 0.25) is 5.02 Å². The maximum Gasteiger partial charge on any atom is 0.339 e. The minimum atomic E-state index is -0.926. The predicted octanol–water partition coefficient (Wildman–Crippen LogP) is 2.92. The molecule has 0 unspecified atom stereocenters. The third kappa shape index (κ3) is 4.29. The monoisotopic (exact) mass is 304 g/mol. The number of ether oxygens (including phenoxy) is 1. The van der Waals surface area contributed by atoms with Crippen molar-refractivity contribution in [1.29, 1.82) is 0 Å². The maximum absolute atomic E-state index is 11.9. The first-order valence-corrected chi connectivity index (χ1v) is 6.61. The van der Waals surface area contributed by atoms with E-state index < -0.39 is 18.0 Å². The van der Waals surface area contributed by atoms with E-state index in [1.165, 1.54) is 31.5 Å². The molecule has 2 aromatic rings. The van der Waals surface area contributed by atoms with Gasteiger partial charge in [-0.05, 0) is 37.3 Å². The number of hydrogen-bond acceptors (Lipinski definition) is 4. The Kier molecular flexibility index (Phi) is 4.90. The summed E-state index contributed by atoms with van der Waals surface area (Å²) in [5.74, 6) is -1.01. The summed E-state index contributed by atoms with van der Waals surface area (Å²) in [5, 5.41) is 3.13. The number of rotatable bonds is 4. The van der Waals surface area contributed by atoms with Crippen molar-refractivity contribution in [2.24, 2.45) is 0 Å². The Bertz CT molecular complexity index is 646. The summed E-state index contributed by atoms with van der Waals surface area (Å²) in [6, 6.07) is 9.75. The lowest BCUT2D eigenvalue weighted by atomic mass is 10.2. The molecule has 6 heteroatoms. The molecule has 0 radical (unpaired) electrons. The molecule has 0 saturated carbocycles. The third-order valence-corrected chi connectivity index (χ3v) is 2.90. The van der Waals surface area contributed by atoms with E-state index in [1.807, 2.05) is 0 Å². The first kappa shape index (κ1) is 15.0. The molecule has 5 nitrogen and oxygen atoms in total. The highest BCUT2D eigenvalue weighted by Crippen LogP contribution is 2.15. The van der Waals surface area contributed by atoms with E-state index in [1.54, 1.807) is 24.3 Å². The second-order valence-electron chi connectivity index (χ2n) is 4.28. The van der Waals surface area contributed by atoms with E-state index in [4.69, 9.17) is 16.3 Å². The lowest BCUT2D eigenvalue weighted by molar-refractivity contribution is -0.123. The van der Waals surface area contributed by atoms with Gasteiger partial charge in [-0.3, -0.25) is 9.78 Å². The molecule has 0 spiro atoms. The molecule has 1 heterocycles. The van der Waals surface area contributed by atoms with Gasteiger partial charge in [0.05, 0.1) is 5.56 Å². The van der Waals surface area contributed by atoms with E-state index >= 15 is 0 Å². The highest BCUT2D eigenvalue weighted by atomic mass is 35.5. The van der Waals surface area contributed by atoms with Crippen molar-refractivity contribution in [2.45, 2.75) is 13.0 Å². The van der Waals surface area contributed by atoms with Gasteiger partial charge in [-0.15, -0.1) is 0 Å². The molecule has 0 aliphatic carbocycles. The van der Waals surface area contributed by atoms with Crippen LogP contribution in [0.1, 0.15) is 17.3 Å². The molecular formula is C15H13ClN2O3. The predicted molar refractivity (Wildman–Crippen MR) is 79.2 cm³/mol. The zero-order chi connectivity index (χ0) is 15.2. The number of anilines is 1. The second kappa shape index (κ2) is 6.85. The summed E-state index contributed by atoms with van der Waals surface area (Å²) >= 11 is 5.83. The van der Waals surface area contributed by atoms with Gasteiger partial charge in [0.1, 0.15) is 0 Å². The zero-order valence-electron chi connectivity index (χ0n) is 11.2. The number of carbonyl (C=O) groups excluding carboxylic acids is 2. The Labute approximate surface area is 126 Å². The van der Waals surface area contributed by atoms with E-state index in [-0.39, 0.29) is 0 Å². The standard InChI is InChI=1S/C15H13ClN2O3/c1-10(21-15(20)11-5-7-17-8-6-11)14(19)18-13-4-2-3-12(16)9-13/h2-10H,1H3,(H,18,19)/t10-/m1/s1. The van der Waals surface area contributed by atoms with Gasteiger partial charge in [0.2, 0.25) is 0 Å². The van der Waals surface area contributed by atoms with E-state index in [0.717, 1.165) is 0 Å². The highest BCUT2D eigenvalue weighted by Gasteiger charge is 2.18. The molecule has 0 saturated heterocycles. The lowest BCUT2D eigenvalue weighted by Crippen LogP contribution is -2.30. The molecule has 0 aliphatic rings. The van der Waals surface area contributed by atoms with Crippen molar-refractivity contribution in [2.75, 3.05) is 5.32 Å². The first-order chi connectivity index (χ1) is 10.1. The Balaban J connectivity index is 1.95. The van der Waals surface area contributed by atoms with Gasteiger partial charge < -0.3 is 10.1 Å². The van der Waals surface area contributed by atoms with Crippen LogP contribution in [0.25, 0.3) is 0 Å². The average Bonchev–Trinajstić information content (AvgIpc) is 2.48. The summed E-state index contributed by atoms with van der Waals surface area (Å²) < 4.78 is 5.09. The Morgan fingerprint density at radius 1 is 1.24 bits per heavy atom. The van der Waals surface area contributed by atoms with Crippen LogP contribution in [0.4, 0.5) is 5.69 Å². The normalized spacial score (nSPS) is 11.5. The van der Waals surface area contributed by atoms with Crippen molar-refractivity contribution in [3.05, 3.63) is 59.4 Å². The van der Waals surface area contributed by atoms with Crippen LogP contribution >= 0.6 is 11.6 Å². The van der Waals surface area contributed by atoms with E-state index in [9.17, 15) is 9.59 Å². The number of esters is 1. The van der Waals surface area contributed by atoms with Crippen molar-refractivity contribution in [3.8, 4) is 0 Å². The average molecular weight is 305 g/mol. The molecule has 108 valence electrons. The molecular weight excluding hydrogens is 292 g/mol. The summed E-state index contributed by atoms with van der Waals surface area (Å²) in [7, 11) is 0. The smallest absolute Gasteiger partial charge is 0.339 e. The molecule has 0 aliphatic heterocycles. The van der Waals surface area contributed by atoms with Gasteiger partial charge in [-0.25, -0.2) is 4.79 Å². The van der Waals surface area contributed by atoms with Crippen LogP contribution in [0, 0.1) is 0 Å². The topological polar surface area (TPSA) is 68.3 Å². The summed E-state index contributed by atoms with van der Waals surface area (Å²) in [5.41, 5.74) is 0.881. The quantitative estimate of drug-likeness (QED) is 0.882. The van der Waals surface area contributed by atoms with Crippen LogP contribution in [-0.2, 0) is 9.53 Å². The van der Waals surface area contributed by atoms with Gasteiger partial charge in [0, 0.05) is 23.1 Å². The Morgan fingerprint density at radius 3 is 2.62 bits per heavy atom. The molecule has 21 heavy (non-hydrogen) atoms. The number of nitrogens with zero attached hydrogens (tertiary/aromatic N) is 1. The molecule has 0 bridgehead atoms. The van der Waals surface area contributed by atoms with E-state index in [2.05, 4.69) is 10.3 Å². The number of benzene rings is 1. The Hall–Kier alpha value is -2.40. The van der Waals surface area contributed by atoms with Crippen LogP contribution in [0.15, 0.2) is 48.8 Å². The first-order valence-electron chi connectivity index (χ1n) is 6.23. The summed E-state index contributed by atoms with van der Waals surface area (Å²) in [6.45, 7) is 1.50. The highest BCUT2D eigenvalue weighted by molar-refractivity contribution is 6.30. The van der Waals surface area contributed by atoms with Crippen LogP contribution in [0.3, 0.4) is 0 Å². The molecule has 1 aromatic heterocycles. The molecule has 2 rings (SSSR count). The molecule has 1 N–H and O–H groups in total. The number of amides is 1. The number of halogens is 1. The third-order valence-electron chi connectivity index (χ3n) is 2.66. The zero-order valence-corrected chi connectivity index (χ0v) is 12.0. The van der Waals surface area contributed by atoms with Crippen molar-refractivity contribution in [3.63, 3.8) is 0 Å². The molecule has 0 fully saturated rings. The number of nitrogens with one attached hydrogen (secondary N) is 1. The fraction of sp³-hybridized carbons (Fsp3) is 0.133. The minimum absolute atomic E-state index is 0.340. The fourth-order valence-electron chi connectivity index (χ4n) is 1.58. The number of pyridine rings is 1. The molecule has 1 amide bonds. The van der Waals surface area contributed by atoms with Gasteiger partial charge in [0.25, 0.3) is 5.91 Å². The van der Waals surface area contributed by atoms with Gasteiger partial charge >= 0.3 is 5.97 Å².